The number of aliphatic hydroxyl groups excluding tert-OH is 1. The molecule has 27 heavy (non-hydrogen) atoms. The maximum absolute atomic E-state index is 13.2. The molecule has 1 amide bonds. The minimum atomic E-state index is -0.934. The highest BCUT2D eigenvalue weighted by Gasteiger charge is 2.17. The Kier molecular flexibility index (Phi) is 6.89. The Morgan fingerprint density at radius 1 is 1.26 bits per heavy atom. The first-order valence-electron chi connectivity index (χ1n) is 7.58. The van der Waals surface area contributed by atoms with Gasteiger partial charge in [-0.1, -0.05) is 29.1 Å². The maximum atomic E-state index is 13.2. The van der Waals surface area contributed by atoms with E-state index >= 15 is 0 Å². The van der Waals surface area contributed by atoms with Gasteiger partial charge < -0.3 is 15.2 Å². The number of halogens is 3. The summed E-state index contributed by atoms with van der Waals surface area (Å²) in [7, 11) is 0. The fraction of sp³-hybridized carbons (Fsp3) is 0.0500. The minimum Gasteiger partial charge on any atom is -0.504 e. The Morgan fingerprint density at radius 3 is 2.48 bits per heavy atom. The van der Waals surface area contributed by atoms with Crippen LogP contribution in [0.1, 0.15) is 6.92 Å². The molecule has 2 N–H and O–H groups in total. The van der Waals surface area contributed by atoms with Crippen molar-refractivity contribution in [2.24, 2.45) is 0 Å². The number of amides is 1. The summed E-state index contributed by atoms with van der Waals surface area (Å²) in [5.74, 6) is 0.421. The van der Waals surface area contributed by atoms with Crippen LogP contribution in [0.5, 0.6) is 11.5 Å². The van der Waals surface area contributed by atoms with Gasteiger partial charge in [0.1, 0.15) is 17.3 Å². The Hall–Kier alpha value is -2.94. The average Bonchev–Trinajstić information content (AvgIpc) is 2.63. The van der Waals surface area contributed by atoms with Crippen LogP contribution in [-0.2, 0) is 4.79 Å². The number of benzene rings is 2. The van der Waals surface area contributed by atoms with Gasteiger partial charge in [0.15, 0.2) is 5.76 Å². The van der Waals surface area contributed by atoms with Gasteiger partial charge in [-0.15, -0.1) is 6.42 Å². The van der Waals surface area contributed by atoms with Gasteiger partial charge in [-0.2, -0.15) is 0 Å². The molecule has 0 aliphatic carbocycles. The first-order chi connectivity index (χ1) is 12.8. The van der Waals surface area contributed by atoms with Crippen molar-refractivity contribution in [2.75, 3.05) is 5.32 Å². The van der Waals surface area contributed by atoms with E-state index in [-0.39, 0.29) is 10.6 Å². The van der Waals surface area contributed by atoms with Crippen molar-refractivity contribution in [3.8, 4) is 23.8 Å². The van der Waals surface area contributed by atoms with Gasteiger partial charge in [-0.3, -0.25) is 4.79 Å². The summed E-state index contributed by atoms with van der Waals surface area (Å²) in [6.45, 7) is 1.01. The number of rotatable bonds is 5. The van der Waals surface area contributed by atoms with Crippen LogP contribution in [0.4, 0.5) is 10.1 Å². The summed E-state index contributed by atoms with van der Waals surface area (Å²) < 4.78 is 18.9. The number of hydrogen-bond acceptors (Lipinski definition) is 3. The van der Waals surface area contributed by atoms with Crippen molar-refractivity contribution in [1.29, 1.82) is 0 Å². The number of ether oxygens (including phenoxy) is 1. The summed E-state index contributed by atoms with van der Waals surface area (Å²) in [4.78, 5) is 12.2. The van der Waals surface area contributed by atoms with Crippen molar-refractivity contribution < 1.29 is 19.0 Å². The van der Waals surface area contributed by atoms with E-state index < -0.39 is 17.5 Å². The molecule has 0 spiro atoms. The van der Waals surface area contributed by atoms with E-state index in [4.69, 9.17) is 34.4 Å². The second-order valence-electron chi connectivity index (χ2n) is 5.26. The lowest BCUT2D eigenvalue weighted by Gasteiger charge is -2.11. The fourth-order valence-electron chi connectivity index (χ4n) is 2.00. The first-order valence-corrected chi connectivity index (χ1v) is 8.33. The van der Waals surface area contributed by atoms with Gasteiger partial charge in [0, 0.05) is 16.8 Å². The number of aliphatic hydroxyl groups is 1. The maximum Gasteiger partial charge on any atom is 0.260 e. The van der Waals surface area contributed by atoms with Crippen molar-refractivity contribution in [2.45, 2.75) is 6.92 Å². The van der Waals surface area contributed by atoms with E-state index in [0.29, 0.717) is 22.2 Å². The largest absolute Gasteiger partial charge is 0.504 e. The summed E-state index contributed by atoms with van der Waals surface area (Å²) in [6.07, 6.45) is 6.08. The van der Waals surface area contributed by atoms with Crippen LogP contribution in [0.2, 0.25) is 10.0 Å². The van der Waals surface area contributed by atoms with E-state index in [1.165, 1.54) is 12.1 Å². The number of carbonyl (C=O) groups excluding carboxylic acids is 1. The van der Waals surface area contributed by atoms with Crippen molar-refractivity contribution in [1.82, 2.24) is 0 Å². The van der Waals surface area contributed by atoms with Crippen LogP contribution in [0, 0.1) is 12.3 Å². The highest BCUT2D eigenvalue weighted by molar-refractivity contribution is 6.32. The second-order valence-corrected chi connectivity index (χ2v) is 6.11. The lowest BCUT2D eigenvalue weighted by atomic mass is 10.1. The molecular formula is C20H14Cl2FNO3. The first kappa shape index (κ1) is 20.4. The average molecular weight is 406 g/mol. The molecule has 4 nitrogen and oxygen atoms in total. The Balaban J connectivity index is 2.18. The molecule has 138 valence electrons. The van der Waals surface area contributed by atoms with Crippen molar-refractivity contribution >= 4 is 34.8 Å². The molecule has 0 saturated heterocycles. The van der Waals surface area contributed by atoms with Gasteiger partial charge in [0.2, 0.25) is 0 Å². The molecule has 0 bridgehead atoms. The number of hydrogen-bond donors (Lipinski definition) is 2. The third-order valence-electron chi connectivity index (χ3n) is 3.28. The highest BCUT2D eigenvalue weighted by Crippen LogP contribution is 2.32. The number of anilines is 1. The van der Waals surface area contributed by atoms with Crippen LogP contribution in [0.3, 0.4) is 0 Å². The third-order valence-corrected chi connectivity index (χ3v) is 3.83. The van der Waals surface area contributed by atoms with Crippen LogP contribution in [0.25, 0.3) is 0 Å². The van der Waals surface area contributed by atoms with Crippen LogP contribution in [-0.4, -0.2) is 11.0 Å². The van der Waals surface area contributed by atoms with Gasteiger partial charge in [0.05, 0.1) is 10.6 Å². The molecule has 2 rings (SSSR count). The van der Waals surface area contributed by atoms with Crippen LogP contribution >= 0.6 is 23.2 Å². The quantitative estimate of drug-likeness (QED) is 0.275. The molecule has 0 aliphatic rings. The molecule has 0 radical (unpaired) electrons. The van der Waals surface area contributed by atoms with Crippen LogP contribution < -0.4 is 10.1 Å². The van der Waals surface area contributed by atoms with Gasteiger partial charge in [0.25, 0.3) is 5.91 Å². The number of nitrogens with one attached hydrogen (secondary N) is 1. The van der Waals surface area contributed by atoms with Gasteiger partial charge >= 0.3 is 0 Å². The molecule has 0 heterocycles. The standard InChI is InChI=1S/C20H14Cl2FNO3/c1-3-4-16(19(25)12(2)23)20(26)24-14-7-10-18(17(22)11-14)27-15-8-5-13(21)6-9-15/h1,4-11,25H,2H3,(H,24,26)/b16-4+,19-12-. The topological polar surface area (TPSA) is 58.6 Å². The lowest BCUT2D eigenvalue weighted by Crippen LogP contribution is -2.16. The van der Waals surface area contributed by atoms with Crippen LogP contribution in [0.15, 0.2) is 65.7 Å². The monoisotopic (exact) mass is 405 g/mol. The van der Waals surface area contributed by atoms with E-state index in [9.17, 15) is 14.3 Å². The second kappa shape index (κ2) is 9.13. The zero-order valence-corrected chi connectivity index (χ0v) is 15.6. The molecule has 7 heteroatoms. The van der Waals surface area contributed by atoms with Crippen molar-refractivity contribution in [3.63, 3.8) is 0 Å². The molecule has 0 unspecified atom stereocenters. The summed E-state index contributed by atoms with van der Waals surface area (Å²) in [5.41, 5.74) is -0.0733. The minimum absolute atomic E-state index is 0.228. The Bertz CT molecular complexity index is 956. The number of terminal acetylenes is 1. The van der Waals surface area contributed by atoms with Crippen molar-refractivity contribution in [3.05, 3.63) is 75.7 Å². The Labute approximate surface area is 165 Å². The summed E-state index contributed by atoms with van der Waals surface area (Å²) >= 11 is 12.0. The number of carbonyl (C=O) groups is 1. The van der Waals surface area contributed by atoms with E-state index in [2.05, 4.69) is 11.2 Å². The molecule has 2 aromatic rings. The molecular weight excluding hydrogens is 392 g/mol. The molecule has 0 aliphatic heterocycles. The zero-order chi connectivity index (χ0) is 20.0. The normalized spacial score (nSPS) is 12.0. The molecule has 2 aromatic carbocycles. The predicted molar refractivity (Wildman–Crippen MR) is 105 cm³/mol. The lowest BCUT2D eigenvalue weighted by molar-refractivity contribution is -0.112. The highest BCUT2D eigenvalue weighted by atomic mass is 35.5. The van der Waals surface area contributed by atoms with E-state index in [0.717, 1.165) is 13.0 Å². The SMILES string of the molecule is C#C/C=C(C(=O)Nc1ccc(Oc2ccc(Cl)cc2)c(Cl)c1)\C(O)=C(/C)F. The van der Waals surface area contributed by atoms with Gasteiger partial charge in [-0.05, 0) is 49.4 Å². The summed E-state index contributed by atoms with van der Waals surface area (Å²) in [6, 6.07) is 11.2. The number of allylic oxidation sites excluding steroid dienone is 2. The van der Waals surface area contributed by atoms with E-state index in [1.54, 1.807) is 30.3 Å². The van der Waals surface area contributed by atoms with E-state index in [1.807, 2.05) is 0 Å². The van der Waals surface area contributed by atoms with Gasteiger partial charge in [-0.25, -0.2) is 4.39 Å². The zero-order valence-electron chi connectivity index (χ0n) is 14.1. The summed E-state index contributed by atoms with van der Waals surface area (Å²) in [5, 5.41) is 13.0. The Morgan fingerprint density at radius 2 is 1.93 bits per heavy atom. The molecule has 0 atom stereocenters. The fourth-order valence-corrected chi connectivity index (χ4v) is 2.34. The molecule has 0 saturated carbocycles. The smallest absolute Gasteiger partial charge is 0.260 e. The molecule has 0 aromatic heterocycles. The third kappa shape index (κ3) is 5.52. The predicted octanol–water partition coefficient (Wildman–Crippen LogP) is 6.04. The molecule has 0 fully saturated rings.